The summed E-state index contributed by atoms with van der Waals surface area (Å²) >= 11 is 3.33. The van der Waals surface area contributed by atoms with Crippen LogP contribution in [0.2, 0.25) is 0 Å². The van der Waals surface area contributed by atoms with E-state index in [0.29, 0.717) is 12.1 Å². The molecule has 0 unspecified atom stereocenters. The maximum atomic E-state index is 11.1. The minimum Gasteiger partial charge on any atom is -0.372 e. The Morgan fingerprint density at radius 2 is 2.12 bits per heavy atom. The largest absolute Gasteiger partial charge is 0.372 e. The maximum Gasteiger partial charge on any atom is 0.149 e. The van der Waals surface area contributed by atoms with E-state index in [1.165, 1.54) is 6.26 Å². The summed E-state index contributed by atoms with van der Waals surface area (Å²) in [6, 6.07) is 7.38. The van der Waals surface area contributed by atoms with Gasteiger partial charge in [-0.05, 0) is 18.2 Å². The molecule has 0 heterocycles. The number of hydrogen-bond acceptors (Lipinski definition) is 4. The van der Waals surface area contributed by atoms with Crippen LogP contribution in [0.3, 0.4) is 0 Å². The molecule has 1 rings (SSSR count). The summed E-state index contributed by atoms with van der Waals surface area (Å²) in [5.74, 6) is 0.0703. The van der Waals surface area contributed by atoms with E-state index in [0.717, 1.165) is 10.2 Å². The van der Waals surface area contributed by atoms with E-state index in [4.69, 9.17) is 5.26 Å². The quantitative estimate of drug-likeness (QED) is 0.849. The van der Waals surface area contributed by atoms with Crippen LogP contribution in [0.1, 0.15) is 5.56 Å². The summed E-state index contributed by atoms with van der Waals surface area (Å²) in [7, 11) is -1.22. The molecule has 0 amide bonds. The van der Waals surface area contributed by atoms with Crippen LogP contribution in [0.25, 0.3) is 0 Å². The van der Waals surface area contributed by atoms with Gasteiger partial charge >= 0.3 is 0 Å². The van der Waals surface area contributed by atoms with Gasteiger partial charge in [-0.2, -0.15) is 5.26 Å². The fraction of sp³-hybridized carbons (Fsp3) is 0.364. The number of anilines is 1. The van der Waals surface area contributed by atoms with Crippen LogP contribution < -0.4 is 4.90 Å². The molecule has 0 aliphatic heterocycles. The highest BCUT2D eigenvalue weighted by Crippen LogP contribution is 2.23. The highest BCUT2D eigenvalue weighted by atomic mass is 79.9. The van der Waals surface area contributed by atoms with Crippen LogP contribution in [0.4, 0.5) is 5.69 Å². The summed E-state index contributed by atoms with van der Waals surface area (Å²) in [4.78, 5) is 1.77. The average Bonchev–Trinajstić information content (AvgIpc) is 2.25. The molecule has 1 aromatic carbocycles. The smallest absolute Gasteiger partial charge is 0.149 e. The minimum absolute atomic E-state index is 0.0703. The Kier molecular flexibility index (Phi) is 4.54. The molecule has 0 bridgehead atoms. The summed E-state index contributed by atoms with van der Waals surface area (Å²) in [5.41, 5.74) is 1.26. The molecule has 0 aliphatic carbocycles. The molecule has 0 radical (unpaired) electrons. The van der Waals surface area contributed by atoms with E-state index < -0.39 is 9.84 Å². The first kappa shape index (κ1) is 14.0. The van der Waals surface area contributed by atoms with Gasteiger partial charge in [-0.25, -0.2) is 8.42 Å². The number of nitrogens with zero attached hydrogens (tertiary/aromatic N) is 2. The summed E-state index contributed by atoms with van der Waals surface area (Å²) in [5, 5.41) is 8.98. The van der Waals surface area contributed by atoms with Crippen molar-refractivity contribution in [3.05, 3.63) is 28.2 Å². The predicted octanol–water partition coefficient (Wildman–Crippen LogP) is 1.80. The lowest BCUT2D eigenvalue weighted by Gasteiger charge is -2.20. The third-order valence-corrected chi connectivity index (χ3v) is 3.71. The second-order valence-electron chi connectivity index (χ2n) is 3.82. The van der Waals surface area contributed by atoms with Gasteiger partial charge in [-0.1, -0.05) is 15.9 Å². The molecule has 0 saturated heterocycles. The lowest BCUT2D eigenvalue weighted by molar-refractivity contribution is 0.601. The van der Waals surface area contributed by atoms with Gasteiger partial charge in [0.1, 0.15) is 15.9 Å². The topological polar surface area (TPSA) is 61.2 Å². The van der Waals surface area contributed by atoms with Gasteiger partial charge in [0.05, 0.1) is 17.0 Å². The summed E-state index contributed by atoms with van der Waals surface area (Å²) in [6.45, 7) is 0.365. The molecule has 1 aromatic rings. The highest BCUT2D eigenvalue weighted by molar-refractivity contribution is 9.10. The Bertz CT molecular complexity index is 549. The van der Waals surface area contributed by atoms with Crippen molar-refractivity contribution in [1.82, 2.24) is 0 Å². The molecule has 17 heavy (non-hydrogen) atoms. The Morgan fingerprint density at radius 1 is 1.47 bits per heavy atom. The molecule has 0 spiro atoms. The van der Waals surface area contributed by atoms with E-state index in [9.17, 15) is 8.42 Å². The van der Waals surface area contributed by atoms with Crippen molar-refractivity contribution < 1.29 is 8.42 Å². The Hall–Kier alpha value is -1.06. The average molecular weight is 317 g/mol. The zero-order chi connectivity index (χ0) is 13.1. The first-order valence-corrected chi connectivity index (χ1v) is 7.77. The molecule has 0 N–H and O–H groups in total. The Morgan fingerprint density at radius 3 is 2.65 bits per heavy atom. The molecule has 0 aromatic heterocycles. The van der Waals surface area contributed by atoms with Crippen molar-refractivity contribution in [3.8, 4) is 6.07 Å². The first-order valence-electron chi connectivity index (χ1n) is 4.92. The fourth-order valence-electron chi connectivity index (χ4n) is 1.34. The predicted molar refractivity (Wildman–Crippen MR) is 71.8 cm³/mol. The van der Waals surface area contributed by atoms with Gasteiger partial charge < -0.3 is 4.90 Å². The molecule has 6 heteroatoms. The van der Waals surface area contributed by atoms with Crippen molar-refractivity contribution in [3.63, 3.8) is 0 Å². The molecular formula is C11H13BrN2O2S. The number of hydrogen-bond donors (Lipinski definition) is 0. The van der Waals surface area contributed by atoms with Crippen molar-refractivity contribution in [1.29, 1.82) is 5.26 Å². The lowest BCUT2D eigenvalue weighted by Crippen LogP contribution is -2.25. The zero-order valence-corrected chi connectivity index (χ0v) is 12.0. The molecule has 0 atom stereocenters. The zero-order valence-electron chi connectivity index (χ0n) is 9.64. The number of rotatable bonds is 4. The van der Waals surface area contributed by atoms with E-state index in [-0.39, 0.29) is 5.75 Å². The summed E-state index contributed by atoms with van der Waals surface area (Å²) < 4.78 is 23.0. The standard InChI is InChI=1S/C11H13BrN2O2S/c1-14(5-6-17(2,15)16)11-7-10(12)4-3-9(11)8-13/h3-4,7H,5-6H2,1-2H3. The lowest BCUT2D eigenvalue weighted by atomic mass is 10.2. The fourth-order valence-corrected chi connectivity index (χ4v) is 2.29. The molecule has 92 valence electrons. The number of halogens is 1. The van der Waals surface area contributed by atoms with Crippen LogP contribution in [0.5, 0.6) is 0 Å². The van der Waals surface area contributed by atoms with Crippen LogP contribution in [-0.2, 0) is 9.84 Å². The van der Waals surface area contributed by atoms with E-state index in [1.807, 2.05) is 0 Å². The number of nitriles is 1. The summed E-state index contributed by atoms with van der Waals surface area (Å²) in [6.07, 6.45) is 1.20. The van der Waals surface area contributed by atoms with Gasteiger partial charge in [0.2, 0.25) is 0 Å². The minimum atomic E-state index is -2.99. The normalized spacial score (nSPS) is 10.9. The highest BCUT2D eigenvalue weighted by Gasteiger charge is 2.10. The van der Waals surface area contributed by atoms with Crippen LogP contribution in [0.15, 0.2) is 22.7 Å². The SMILES string of the molecule is CN(CCS(C)(=O)=O)c1cc(Br)ccc1C#N. The van der Waals surface area contributed by atoms with Crippen LogP contribution >= 0.6 is 15.9 Å². The molecule has 0 fully saturated rings. The van der Waals surface area contributed by atoms with Crippen molar-refractivity contribution in [2.45, 2.75) is 0 Å². The third-order valence-electron chi connectivity index (χ3n) is 2.29. The van der Waals surface area contributed by atoms with Gasteiger partial charge in [0.25, 0.3) is 0 Å². The monoisotopic (exact) mass is 316 g/mol. The Labute approximate surface area is 110 Å². The van der Waals surface area contributed by atoms with E-state index in [2.05, 4.69) is 22.0 Å². The number of benzene rings is 1. The van der Waals surface area contributed by atoms with Gasteiger partial charge in [0.15, 0.2) is 0 Å². The molecule has 4 nitrogen and oxygen atoms in total. The van der Waals surface area contributed by atoms with Crippen molar-refractivity contribution in [2.24, 2.45) is 0 Å². The first-order chi connectivity index (χ1) is 7.83. The number of sulfone groups is 1. The molecule has 0 aliphatic rings. The van der Waals surface area contributed by atoms with Gasteiger partial charge in [0, 0.05) is 24.3 Å². The maximum absolute atomic E-state index is 11.1. The molecule has 0 saturated carbocycles. The van der Waals surface area contributed by atoms with Crippen LogP contribution in [-0.4, -0.2) is 34.0 Å². The second-order valence-corrected chi connectivity index (χ2v) is 7.00. The second kappa shape index (κ2) is 5.52. The van der Waals surface area contributed by atoms with Crippen molar-refractivity contribution >= 4 is 31.5 Å². The van der Waals surface area contributed by atoms with E-state index in [1.54, 1.807) is 30.1 Å². The third kappa shape index (κ3) is 4.36. The van der Waals surface area contributed by atoms with Crippen molar-refractivity contribution in [2.75, 3.05) is 30.5 Å². The molecular weight excluding hydrogens is 304 g/mol. The Balaban J connectivity index is 2.92. The van der Waals surface area contributed by atoms with Gasteiger partial charge in [-0.15, -0.1) is 0 Å². The van der Waals surface area contributed by atoms with Crippen LogP contribution in [0, 0.1) is 11.3 Å². The van der Waals surface area contributed by atoms with E-state index >= 15 is 0 Å². The van der Waals surface area contributed by atoms with Gasteiger partial charge in [-0.3, -0.25) is 0 Å².